The second-order valence-corrected chi connectivity index (χ2v) is 6.25. The van der Waals surface area contributed by atoms with E-state index in [1.165, 1.54) is 6.07 Å². The van der Waals surface area contributed by atoms with Gasteiger partial charge < -0.3 is 5.32 Å². The first kappa shape index (κ1) is 14.6. The van der Waals surface area contributed by atoms with E-state index in [4.69, 9.17) is 11.6 Å². The van der Waals surface area contributed by atoms with Gasteiger partial charge in [-0.05, 0) is 25.1 Å². The Morgan fingerprint density at radius 3 is 2.82 bits per heavy atom. The zero-order chi connectivity index (χ0) is 12.8. The zero-order valence-corrected chi connectivity index (χ0v) is 11.6. The highest BCUT2D eigenvalue weighted by Gasteiger charge is 2.06. The van der Waals surface area contributed by atoms with Crippen LogP contribution in [0.25, 0.3) is 0 Å². The molecule has 0 saturated carbocycles. The van der Waals surface area contributed by atoms with Crippen molar-refractivity contribution in [1.82, 2.24) is 5.32 Å². The van der Waals surface area contributed by atoms with Crippen LogP contribution < -0.4 is 5.32 Å². The summed E-state index contributed by atoms with van der Waals surface area (Å²) in [5.74, 6) is -0.294. The molecule has 1 rings (SSSR count). The minimum atomic E-state index is -0.797. The van der Waals surface area contributed by atoms with E-state index in [1.807, 2.05) is 6.92 Å². The summed E-state index contributed by atoms with van der Waals surface area (Å²) in [6.45, 7) is 3.13. The van der Waals surface area contributed by atoms with Crippen molar-refractivity contribution in [2.45, 2.75) is 25.1 Å². The minimum Gasteiger partial charge on any atom is -0.313 e. The summed E-state index contributed by atoms with van der Waals surface area (Å²) >= 11 is 5.66. The van der Waals surface area contributed by atoms with Gasteiger partial charge in [-0.3, -0.25) is 4.21 Å². The molecule has 0 aliphatic carbocycles. The van der Waals surface area contributed by atoms with Gasteiger partial charge in [0.15, 0.2) is 0 Å². The lowest BCUT2D eigenvalue weighted by atomic mass is 10.2. The van der Waals surface area contributed by atoms with Crippen molar-refractivity contribution in [3.63, 3.8) is 0 Å². The maximum Gasteiger partial charge on any atom is 0.129 e. The van der Waals surface area contributed by atoms with Gasteiger partial charge in [-0.2, -0.15) is 0 Å². The maximum atomic E-state index is 13.4. The largest absolute Gasteiger partial charge is 0.313 e. The molecule has 17 heavy (non-hydrogen) atoms. The number of rotatable bonds is 6. The third kappa shape index (κ3) is 5.15. The Balaban J connectivity index is 2.34. The predicted molar refractivity (Wildman–Crippen MR) is 71.3 cm³/mol. The fourth-order valence-electron chi connectivity index (χ4n) is 1.36. The van der Waals surface area contributed by atoms with Gasteiger partial charge in [0.1, 0.15) is 5.82 Å². The van der Waals surface area contributed by atoms with E-state index >= 15 is 0 Å². The zero-order valence-electron chi connectivity index (χ0n) is 10.0. The van der Waals surface area contributed by atoms with E-state index < -0.39 is 10.8 Å². The second kappa shape index (κ2) is 7.09. The molecule has 0 aliphatic heterocycles. The molecule has 5 heteroatoms. The number of hydrogen-bond acceptors (Lipinski definition) is 2. The quantitative estimate of drug-likeness (QED) is 0.810. The van der Waals surface area contributed by atoms with Crippen LogP contribution in [0, 0.1) is 5.82 Å². The van der Waals surface area contributed by atoms with Crippen LogP contribution >= 0.6 is 11.6 Å². The Kier molecular flexibility index (Phi) is 6.09. The SMILES string of the molecule is C[C@H](CCNCc1ccc(Cl)cc1F)[S@](C)=O. The van der Waals surface area contributed by atoms with Gasteiger partial charge in [0.25, 0.3) is 0 Å². The van der Waals surface area contributed by atoms with Gasteiger partial charge in [-0.1, -0.05) is 24.6 Å². The summed E-state index contributed by atoms with van der Waals surface area (Å²) in [6, 6.07) is 4.65. The molecule has 96 valence electrons. The minimum absolute atomic E-state index is 0.164. The third-order valence-corrected chi connectivity index (χ3v) is 4.23. The average Bonchev–Trinajstić information content (AvgIpc) is 2.26. The summed E-state index contributed by atoms with van der Waals surface area (Å²) in [5.41, 5.74) is 0.597. The number of halogens is 2. The summed E-state index contributed by atoms with van der Waals surface area (Å²) in [4.78, 5) is 0. The third-order valence-electron chi connectivity index (χ3n) is 2.62. The molecule has 1 aromatic rings. The molecule has 0 unspecified atom stereocenters. The van der Waals surface area contributed by atoms with E-state index in [-0.39, 0.29) is 11.1 Å². The van der Waals surface area contributed by atoms with Gasteiger partial charge in [-0.15, -0.1) is 0 Å². The fraction of sp³-hybridized carbons (Fsp3) is 0.500. The number of hydrogen-bond donors (Lipinski definition) is 1. The highest BCUT2D eigenvalue weighted by atomic mass is 35.5. The molecule has 0 aromatic heterocycles. The first-order chi connectivity index (χ1) is 8.00. The predicted octanol–water partition coefficient (Wildman–Crippen LogP) is 2.73. The lowest BCUT2D eigenvalue weighted by Gasteiger charge is -2.09. The smallest absolute Gasteiger partial charge is 0.129 e. The first-order valence-corrected chi connectivity index (χ1v) is 7.47. The Morgan fingerprint density at radius 1 is 1.53 bits per heavy atom. The topological polar surface area (TPSA) is 29.1 Å². The molecule has 0 spiro atoms. The molecule has 0 saturated heterocycles. The van der Waals surface area contributed by atoms with Crippen molar-refractivity contribution in [2.75, 3.05) is 12.8 Å². The maximum absolute atomic E-state index is 13.4. The number of benzene rings is 1. The van der Waals surface area contributed by atoms with Crippen LogP contribution in [0.3, 0.4) is 0 Å². The van der Waals surface area contributed by atoms with Crippen LogP contribution in [0.15, 0.2) is 18.2 Å². The summed E-state index contributed by atoms with van der Waals surface area (Å²) in [7, 11) is -0.797. The van der Waals surface area contributed by atoms with Crippen LogP contribution in [0.1, 0.15) is 18.9 Å². The van der Waals surface area contributed by atoms with Gasteiger partial charge in [-0.25, -0.2) is 4.39 Å². The molecule has 2 nitrogen and oxygen atoms in total. The standard InChI is InChI=1S/C12H17ClFNOS/c1-9(17(2)16)5-6-15-8-10-3-4-11(13)7-12(10)14/h3-4,7,9,15H,5-6,8H2,1-2H3/t9-,17+/m1/s1. The van der Waals surface area contributed by atoms with Crippen LogP contribution in [0.5, 0.6) is 0 Å². The molecule has 0 fully saturated rings. The van der Waals surface area contributed by atoms with E-state index in [2.05, 4.69) is 5.32 Å². The molecule has 0 aliphatic rings. The molecule has 0 heterocycles. The van der Waals surface area contributed by atoms with Gasteiger partial charge in [0.2, 0.25) is 0 Å². The van der Waals surface area contributed by atoms with E-state index in [9.17, 15) is 8.60 Å². The molecule has 1 aromatic carbocycles. The van der Waals surface area contributed by atoms with Crippen molar-refractivity contribution in [2.24, 2.45) is 0 Å². The fourth-order valence-corrected chi connectivity index (χ4v) is 1.97. The average molecular weight is 278 g/mol. The Hall–Kier alpha value is -0.450. The van der Waals surface area contributed by atoms with Gasteiger partial charge >= 0.3 is 0 Å². The highest BCUT2D eigenvalue weighted by Crippen LogP contribution is 2.14. The highest BCUT2D eigenvalue weighted by molar-refractivity contribution is 7.84. The van der Waals surface area contributed by atoms with Crippen molar-refractivity contribution >= 4 is 22.4 Å². The molecule has 1 N–H and O–H groups in total. The Labute approximate surface area is 109 Å². The van der Waals surface area contributed by atoms with Gasteiger partial charge in [0.05, 0.1) is 0 Å². The second-order valence-electron chi connectivity index (χ2n) is 4.01. The lowest BCUT2D eigenvalue weighted by Crippen LogP contribution is -2.21. The monoisotopic (exact) mass is 277 g/mol. The number of nitrogens with one attached hydrogen (secondary N) is 1. The summed E-state index contributed by atoms with van der Waals surface area (Å²) in [6.07, 6.45) is 2.52. The van der Waals surface area contributed by atoms with Crippen molar-refractivity contribution in [1.29, 1.82) is 0 Å². The summed E-state index contributed by atoms with van der Waals surface area (Å²) in [5, 5.41) is 3.70. The first-order valence-electron chi connectivity index (χ1n) is 5.47. The lowest BCUT2D eigenvalue weighted by molar-refractivity contribution is 0.579. The molecule has 0 amide bonds. The molecule has 0 radical (unpaired) electrons. The van der Waals surface area contributed by atoms with Crippen molar-refractivity contribution in [3.05, 3.63) is 34.6 Å². The van der Waals surface area contributed by atoms with Crippen LogP contribution in [0.4, 0.5) is 4.39 Å². The molecule has 0 bridgehead atoms. The van der Waals surface area contributed by atoms with Gasteiger partial charge in [0, 0.05) is 39.4 Å². The van der Waals surface area contributed by atoms with Crippen molar-refractivity contribution < 1.29 is 8.60 Å². The summed E-state index contributed by atoms with van der Waals surface area (Å²) < 4.78 is 24.5. The normalized spacial score (nSPS) is 14.6. The molecular weight excluding hydrogens is 261 g/mol. The van der Waals surface area contributed by atoms with Crippen LogP contribution in [-0.4, -0.2) is 22.3 Å². The van der Waals surface area contributed by atoms with E-state index in [0.29, 0.717) is 17.1 Å². The van der Waals surface area contributed by atoms with Crippen LogP contribution in [0.2, 0.25) is 5.02 Å². The van der Waals surface area contributed by atoms with E-state index in [0.717, 1.165) is 13.0 Å². The Morgan fingerprint density at radius 2 is 2.24 bits per heavy atom. The van der Waals surface area contributed by atoms with Crippen LogP contribution in [-0.2, 0) is 17.3 Å². The molecular formula is C12H17ClFNOS. The van der Waals surface area contributed by atoms with Crippen molar-refractivity contribution in [3.8, 4) is 0 Å². The molecule has 2 atom stereocenters. The Bertz CT molecular complexity index is 400. The van der Waals surface area contributed by atoms with E-state index in [1.54, 1.807) is 18.4 Å².